The van der Waals surface area contributed by atoms with Crippen molar-refractivity contribution < 1.29 is 9.90 Å². The Balaban J connectivity index is 2.86. The van der Waals surface area contributed by atoms with E-state index in [4.69, 9.17) is 10.4 Å². The Morgan fingerprint density at radius 1 is 1.65 bits per heavy atom. The Morgan fingerprint density at radius 3 is 2.88 bits per heavy atom. The van der Waals surface area contributed by atoms with Crippen LogP contribution >= 0.6 is 0 Å². The molecule has 17 heavy (non-hydrogen) atoms. The van der Waals surface area contributed by atoms with Gasteiger partial charge in [-0.3, -0.25) is 0 Å². The highest BCUT2D eigenvalue weighted by atomic mass is 16.4. The minimum atomic E-state index is -0.965. The first-order chi connectivity index (χ1) is 8.04. The molecule has 1 unspecified atom stereocenters. The largest absolute Gasteiger partial charge is 0.480 e. The number of anilines is 1. The van der Waals surface area contributed by atoms with Crippen LogP contribution in [0, 0.1) is 17.2 Å². The van der Waals surface area contributed by atoms with Crippen molar-refractivity contribution in [2.24, 2.45) is 5.92 Å². The first-order valence-electron chi connectivity index (χ1n) is 5.25. The van der Waals surface area contributed by atoms with E-state index in [1.807, 2.05) is 19.9 Å². The number of nitrogens with one attached hydrogen (secondary N) is 1. The molecule has 0 bridgehead atoms. The van der Waals surface area contributed by atoms with Gasteiger partial charge in [0.25, 0.3) is 0 Å². The average Bonchev–Trinajstić information content (AvgIpc) is 2.28. The summed E-state index contributed by atoms with van der Waals surface area (Å²) in [6, 6.07) is 2.66. The maximum Gasteiger partial charge on any atom is 0.326 e. The highest BCUT2D eigenvalue weighted by Crippen LogP contribution is 2.14. The van der Waals surface area contributed by atoms with Crippen molar-refractivity contribution in [2.45, 2.75) is 26.3 Å². The van der Waals surface area contributed by atoms with Gasteiger partial charge in [0.1, 0.15) is 12.1 Å². The lowest BCUT2D eigenvalue weighted by atomic mass is 10.0. The highest BCUT2D eigenvalue weighted by molar-refractivity contribution is 5.77. The van der Waals surface area contributed by atoms with Gasteiger partial charge < -0.3 is 10.4 Å². The number of carbonyl (C=O) groups is 1. The van der Waals surface area contributed by atoms with E-state index < -0.39 is 12.0 Å². The molecule has 6 heteroatoms. The van der Waals surface area contributed by atoms with Crippen LogP contribution in [0.15, 0.2) is 12.3 Å². The molecule has 0 radical (unpaired) electrons. The summed E-state index contributed by atoms with van der Waals surface area (Å²) < 4.78 is 0. The van der Waals surface area contributed by atoms with E-state index in [9.17, 15) is 4.79 Å². The van der Waals surface area contributed by atoms with E-state index in [-0.39, 0.29) is 17.3 Å². The van der Waals surface area contributed by atoms with Crippen LogP contribution in [0.3, 0.4) is 0 Å². The topological polar surface area (TPSA) is 98.9 Å². The molecule has 2 N–H and O–H groups in total. The number of carboxylic acid groups (broad SMARTS) is 1. The van der Waals surface area contributed by atoms with Gasteiger partial charge in [-0.15, -0.1) is 5.10 Å². The van der Waals surface area contributed by atoms with Crippen molar-refractivity contribution in [3.05, 3.63) is 17.8 Å². The van der Waals surface area contributed by atoms with Crippen LogP contribution in [0.1, 0.15) is 25.8 Å². The first-order valence-corrected chi connectivity index (χ1v) is 5.25. The molecule has 1 aromatic rings. The number of aliphatic carboxylic acids is 1. The van der Waals surface area contributed by atoms with Gasteiger partial charge >= 0.3 is 5.97 Å². The minimum Gasteiger partial charge on any atom is -0.480 e. The lowest BCUT2D eigenvalue weighted by Gasteiger charge is -2.16. The summed E-state index contributed by atoms with van der Waals surface area (Å²) in [5.41, 5.74) is 0.287. The fraction of sp³-hybridized carbons (Fsp3) is 0.455. The second-order valence-electron chi connectivity index (χ2n) is 4.07. The Morgan fingerprint density at radius 2 is 2.35 bits per heavy atom. The van der Waals surface area contributed by atoms with Gasteiger partial charge in [0.05, 0.1) is 11.8 Å². The zero-order valence-corrected chi connectivity index (χ0v) is 9.71. The third-order valence-electron chi connectivity index (χ3n) is 2.16. The Labute approximate surface area is 99.3 Å². The third-order valence-corrected chi connectivity index (χ3v) is 2.16. The van der Waals surface area contributed by atoms with Gasteiger partial charge in [0.2, 0.25) is 0 Å². The van der Waals surface area contributed by atoms with E-state index in [2.05, 4.69) is 15.5 Å². The Hall–Kier alpha value is -2.16. The number of hydrogen-bond donors (Lipinski definition) is 2. The number of hydrogen-bond acceptors (Lipinski definition) is 5. The fourth-order valence-corrected chi connectivity index (χ4v) is 1.39. The molecule has 0 saturated heterocycles. The molecule has 0 aliphatic heterocycles. The van der Waals surface area contributed by atoms with E-state index in [0.717, 1.165) is 0 Å². The van der Waals surface area contributed by atoms with Crippen LogP contribution in [0.2, 0.25) is 0 Å². The fourth-order valence-electron chi connectivity index (χ4n) is 1.39. The predicted molar refractivity (Wildman–Crippen MR) is 61.2 cm³/mol. The summed E-state index contributed by atoms with van der Waals surface area (Å²) in [5, 5.41) is 28.0. The van der Waals surface area contributed by atoms with Gasteiger partial charge in [-0.05, 0) is 18.4 Å². The molecule has 1 aromatic heterocycles. The molecule has 0 aromatic carbocycles. The number of aromatic nitrogens is 2. The van der Waals surface area contributed by atoms with Crippen molar-refractivity contribution in [3.8, 4) is 6.07 Å². The van der Waals surface area contributed by atoms with Crippen molar-refractivity contribution >= 4 is 11.8 Å². The van der Waals surface area contributed by atoms with Crippen LogP contribution in [0.25, 0.3) is 0 Å². The monoisotopic (exact) mass is 234 g/mol. The van der Waals surface area contributed by atoms with Gasteiger partial charge in [-0.2, -0.15) is 10.4 Å². The molecule has 0 aliphatic rings. The number of nitrogens with zero attached hydrogens (tertiary/aromatic N) is 3. The van der Waals surface area contributed by atoms with Gasteiger partial charge in [-0.25, -0.2) is 4.79 Å². The van der Waals surface area contributed by atoms with E-state index in [0.29, 0.717) is 6.42 Å². The van der Waals surface area contributed by atoms with Gasteiger partial charge in [0.15, 0.2) is 5.82 Å². The zero-order valence-electron chi connectivity index (χ0n) is 9.71. The minimum absolute atomic E-state index is 0.211. The molecule has 0 aliphatic carbocycles. The van der Waals surface area contributed by atoms with E-state index in [1.165, 1.54) is 12.3 Å². The van der Waals surface area contributed by atoms with E-state index in [1.54, 1.807) is 0 Å². The van der Waals surface area contributed by atoms with Crippen molar-refractivity contribution in [2.75, 3.05) is 5.32 Å². The Kier molecular flexibility index (Phi) is 4.40. The molecular formula is C11H14N4O2. The average molecular weight is 234 g/mol. The molecule has 0 fully saturated rings. The second-order valence-corrected chi connectivity index (χ2v) is 4.07. The number of carboxylic acids is 1. The van der Waals surface area contributed by atoms with Crippen LogP contribution in [0.5, 0.6) is 0 Å². The van der Waals surface area contributed by atoms with Gasteiger partial charge in [0, 0.05) is 0 Å². The molecule has 1 heterocycles. The Bertz CT molecular complexity index is 439. The summed E-state index contributed by atoms with van der Waals surface area (Å²) in [5.74, 6) is -0.526. The van der Waals surface area contributed by atoms with Crippen molar-refractivity contribution in [3.63, 3.8) is 0 Å². The summed E-state index contributed by atoms with van der Waals surface area (Å²) in [6.45, 7) is 3.86. The molecule has 1 rings (SSSR count). The summed E-state index contributed by atoms with van der Waals surface area (Å²) in [7, 11) is 0. The third kappa shape index (κ3) is 3.72. The van der Waals surface area contributed by atoms with Crippen molar-refractivity contribution in [1.29, 1.82) is 5.26 Å². The molecule has 1 atom stereocenters. The number of rotatable bonds is 5. The summed E-state index contributed by atoms with van der Waals surface area (Å²) in [4.78, 5) is 11.0. The quantitative estimate of drug-likeness (QED) is 0.795. The molecule has 0 amide bonds. The van der Waals surface area contributed by atoms with E-state index >= 15 is 0 Å². The first kappa shape index (κ1) is 12.9. The summed E-state index contributed by atoms with van der Waals surface area (Å²) in [6.07, 6.45) is 1.85. The maximum absolute atomic E-state index is 11.0. The molecule has 6 nitrogen and oxygen atoms in total. The van der Waals surface area contributed by atoms with Crippen LogP contribution < -0.4 is 5.32 Å². The normalized spacial score (nSPS) is 11.9. The molecule has 90 valence electrons. The van der Waals surface area contributed by atoms with Crippen LogP contribution in [-0.4, -0.2) is 27.3 Å². The van der Waals surface area contributed by atoms with Crippen LogP contribution in [0.4, 0.5) is 5.82 Å². The van der Waals surface area contributed by atoms with Crippen molar-refractivity contribution in [1.82, 2.24) is 10.2 Å². The second kappa shape index (κ2) is 5.80. The zero-order chi connectivity index (χ0) is 12.8. The molecular weight excluding hydrogens is 220 g/mol. The number of nitriles is 1. The highest BCUT2D eigenvalue weighted by Gasteiger charge is 2.20. The SMILES string of the molecule is CC(C)CC(Nc1nnccc1C#N)C(=O)O. The molecule has 0 saturated carbocycles. The predicted octanol–water partition coefficient (Wildman–Crippen LogP) is 1.26. The van der Waals surface area contributed by atoms with Crippen LogP contribution in [-0.2, 0) is 4.79 Å². The summed E-state index contributed by atoms with van der Waals surface area (Å²) >= 11 is 0. The maximum atomic E-state index is 11.0. The lowest BCUT2D eigenvalue weighted by Crippen LogP contribution is -2.31. The van der Waals surface area contributed by atoms with Gasteiger partial charge in [-0.1, -0.05) is 13.8 Å². The smallest absolute Gasteiger partial charge is 0.326 e. The molecule has 0 spiro atoms. The standard InChI is InChI=1S/C11H14N4O2/c1-7(2)5-9(11(16)17)14-10-8(6-12)3-4-13-15-10/h3-4,7,9H,5H2,1-2H3,(H,14,15)(H,16,17). The lowest BCUT2D eigenvalue weighted by molar-refractivity contribution is -0.138.